The van der Waals surface area contributed by atoms with Crippen LogP contribution in [0.5, 0.6) is 0 Å². The van der Waals surface area contributed by atoms with Crippen LogP contribution in [0.1, 0.15) is 25.7 Å². The Morgan fingerprint density at radius 1 is 1.27 bits per heavy atom. The van der Waals surface area contributed by atoms with Gasteiger partial charge >= 0.3 is 0 Å². The van der Waals surface area contributed by atoms with Gasteiger partial charge in [-0.1, -0.05) is 6.08 Å². The van der Waals surface area contributed by atoms with Gasteiger partial charge in [-0.3, -0.25) is 0 Å². The molecule has 11 heavy (non-hydrogen) atoms. The molecule has 0 radical (unpaired) electrons. The molecule has 58 valence electrons. The van der Waals surface area contributed by atoms with Gasteiger partial charge in [0.05, 0.1) is 0 Å². The van der Waals surface area contributed by atoms with Crippen molar-refractivity contribution in [3.05, 3.63) is 23.5 Å². The van der Waals surface area contributed by atoms with Crippen molar-refractivity contribution < 1.29 is 4.74 Å². The predicted molar refractivity (Wildman–Crippen MR) is 48.3 cm³/mol. The van der Waals surface area contributed by atoms with Gasteiger partial charge in [-0.25, -0.2) is 0 Å². The van der Waals surface area contributed by atoms with Crippen LogP contribution in [0.25, 0.3) is 0 Å². The molecule has 0 amide bonds. The maximum Gasteiger partial charge on any atom is 0.167 e. The molecule has 1 aliphatic heterocycles. The van der Waals surface area contributed by atoms with Gasteiger partial charge in [-0.15, -0.1) is 0 Å². The van der Waals surface area contributed by atoms with Crippen molar-refractivity contribution in [1.82, 2.24) is 0 Å². The average molecular weight is 166 g/mol. The minimum Gasteiger partial charge on any atom is -0.450 e. The number of thiocarbonyl (C=S) groups is 1. The first-order valence-corrected chi connectivity index (χ1v) is 4.36. The van der Waals surface area contributed by atoms with Crippen LogP contribution in [0.15, 0.2) is 23.5 Å². The van der Waals surface area contributed by atoms with E-state index in [1.165, 1.54) is 5.57 Å². The lowest BCUT2D eigenvalue weighted by atomic mass is 9.97. The van der Waals surface area contributed by atoms with Gasteiger partial charge in [0.25, 0.3) is 0 Å². The second kappa shape index (κ2) is 2.78. The Kier molecular flexibility index (Phi) is 1.78. The van der Waals surface area contributed by atoms with Crippen LogP contribution >= 0.6 is 12.2 Å². The molecule has 0 atom stereocenters. The molecule has 0 aromatic rings. The van der Waals surface area contributed by atoms with Gasteiger partial charge in [0.2, 0.25) is 0 Å². The second-order valence-electron chi connectivity index (χ2n) is 2.88. The van der Waals surface area contributed by atoms with Gasteiger partial charge in [-0.05, 0) is 43.1 Å². The molecule has 1 heterocycles. The summed E-state index contributed by atoms with van der Waals surface area (Å²) in [5, 5.41) is 0.746. The summed E-state index contributed by atoms with van der Waals surface area (Å²) in [7, 11) is 0. The van der Waals surface area contributed by atoms with Crippen molar-refractivity contribution in [1.29, 1.82) is 0 Å². The molecule has 0 saturated heterocycles. The highest BCUT2D eigenvalue weighted by Crippen LogP contribution is 2.28. The van der Waals surface area contributed by atoms with Crippen LogP contribution < -0.4 is 0 Å². The quantitative estimate of drug-likeness (QED) is 0.512. The van der Waals surface area contributed by atoms with E-state index in [-0.39, 0.29) is 0 Å². The third kappa shape index (κ3) is 1.36. The zero-order chi connectivity index (χ0) is 7.68. The molecule has 1 nitrogen and oxygen atoms in total. The smallest absolute Gasteiger partial charge is 0.167 e. The Balaban J connectivity index is 2.26. The van der Waals surface area contributed by atoms with E-state index in [9.17, 15) is 0 Å². The number of rotatable bonds is 0. The summed E-state index contributed by atoms with van der Waals surface area (Å²) in [5.41, 5.74) is 1.45. The van der Waals surface area contributed by atoms with Gasteiger partial charge in [0.15, 0.2) is 5.05 Å². The molecule has 2 rings (SSSR count). The number of hydrogen-bond donors (Lipinski definition) is 0. The highest BCUT2D eigenvalue weighted by molar-refractivity contribution is 7.80. The van der Waals surface area contributed by atoms with Gasteiger partial charge in [0, 0.05) is 6.42 Å². The molecule has 0 unspecified atom stereocenters. The molecular formula is C9H10OS. The Morgan fingerprint density at radius 2 is 2.18 bits per heavy atom. The fourth-order valence-electron chi connectivity index (χ4n) is 1.47. The lowest BCUT2D eigenvalue weighted by molar-refractivity contribution is 0.399. The molecule has 0 bridgehead atoms. The summed E-state index contributed by atoms with van der Waals surface area (Å²) >= 11 is 4.98. The molecule has 0 spiro atoms. The molecule has 0 saturated carbocycles. The van der Waals surface area contributed by atoms with Crippen molar-refractivity contribution in [2.45, 2.75) is 25.7 Å². The number of allylic oxidation sites excluding steroid dienone is 3. The minimum atomic E-state index is 0.746. The topological polar surface area (TPSA) is 9.23 Å². The number of ether oxygens (including phenoxy) is 1. The summed E-state index contributed by atoms with van der Waals surface area (Å²) < 4.78 is 5.41. The van der Waals surface area contributed by atoms with Crippen LogP contribution in [0.2, 0.25) is 0 Å². The maximum atomic E-state index is 5.41. The first-order valence-electron chi connectivity index (χ1n) is 3.95. The fraction of sp³-hybridized carbons (Fsp3) is 0.444. The van der Waals surface area contributed by atoms with Crippen LogP contribution in [0.4, 0.5) is 0 Å². The van der Waals surface area contributed by atoms with Crippen molar-refractivity contribution in [3.63, 3.8) is 0 Å². The Bertz CT molecular complexity index is 250. The van der Waals surface area contributed by atoms with Gasteiger partial charge in [-0.2, -0.15) is 0 Å². The molecule has 1 aliphatic carbocycles. The Hall–Kier alpha value is -0.630. The van der Waals surface area contributed by atoms with E-state index >= 15 is 0 Å². The SMILES string of the molecule is S=C1CCC2=C(C=CCC2)O1. The zero-order valence-electron chi connectivity index (χ0n) is 6.30. The van der Waals surface area contributed by atoms with Crippen LogP contribution in [-0.4, -0.2) is 5.05 Å². The Morgan fingerprint density at radius 3 is 3.09 bits per heavy atom. The highest BCUT2D eigenvalue weighted by atomic mass is 32.1. The molecule has 2 heteroatoms. The third-order valence-corrected chi connectivity index (χ3v) is 2.37. The van der Waals surface area contributed by atoms with E-state index in [1.54, 1.807) is 0 Å². The first kappa shape index (κ1) is 7.04. The van der Waals surface area contributed by atoms with Gasteiger partial charge < -0.3 is 4.74 Å². The lowest BCUT2D eigenvalue weighted by Gasteiger charge is -2.21. The highest BCUT2D eigenvalue weighted by Gasteiger charge is 2.16. The third-order valence-electron chi connectivity index (χ3n) is 2.09. The number of hydrogen-bond acceptors (Lipinski definition) is 2. The molecule has 0 aromatic carbocycles. The van der Waals surface area contributed by atoms with Crippen molar-refractivity contribution in [2.24, 2.45) is 0 Å². The fourth-order valence-corrected chi connectivity index (χ4v) is 1.66. The summed E-state index contributed by atoms with van der Waals surface area (Å²) in [6, 6.07) is 0. The summed E-state index contributed by atoms with van der Waals surface area (Å²) in [6.07, 6.45) is 8.56. The van der Waals surface area contributed by atoms with E-state index < -0.39 is 0 Å². The van der Waals surface area contributed by atoms with Crippen molar-refractivity contribution in [2.75, 3.05) is 0 Å². The molecule has 0 N–H and O–H groups in total. The predicted octanol–water partition coefficient (Wildman–Crippen LogP) is 2.73. The van der Waals surface area contributed by atoms with Crippen LogP contribution in [0.3, 0.4) is 0 Å². The standard InChI is InChI=1S/C9H10OS/c11-9-6-5-7-3-1-2-4-8(7)10-9/h2,4H,1,3,5-6H2. The van der Waals surface area contributed by atoms with E-state index in [0.717, 1.165) is 36.5 Å². The molecule has 2 aliphatic rings. The first-order chi connectivity index (χ1) is 5.36. The van der Waals surface area contributed by atoms with Crippen LogP contribution in [-0.2, 0) is 4.74 Å². The maximum absolute atomic E-state index is 5.41. The summed E-state index contributed by atoms with van der Waals surface area (Å²) in [6.45, 7) is 0. The van der Waals surface area contributed by atoms with E-state index in [1.807, 2.05) is 6.08 Å². The van der Waals surface area contributed by atoms with Crippen LogP contribution in [0, 0.1) is 0 Å². The zero-order valence-corrected chi connectivity index (χ0v) is 7.12. The Labute approximate surface area is 71.7 Å². The minimum absolute atomic E-state index is 0.746. The lowest BCUT2D eigenvalue weighted by Crippen LogP contribution is -2.11. The molecular weight excluding hydrogens is 156 g/mol. The molecule has 0 fully saturated rings. The normalized spacial score (nSPS) is 23.1. The van der Waals surface area contributed by atoms with Gasteiger partial charge in [0.1, 0.15) is 5.76 Å². The van der Waals surface area contributed by atoms with E-state index in [4.69, 9.17) is 17.0 Å². The molecule has 0 aromatic heterocycles. The largest absolute Gasteiger partial charge is 0.450 e. The summed E-state index contributed by atoms with van der Waals surface area (Å²) in [4.78, 5) is 0. The average Bonchev–Trinajstić information content (AvgIpc) is 2.04. The van der Waals surface area contributed by atoms with E-state index in [0.29, 0.717) is 0 Å². The van der Waals surface area contributed by atoms with Crippen molar-refractivity contribution in [3.8, 4) is 0 Å². The van der Waals surface area contributed by atoms with Crippen molar-refractivity contribution >= 4 is 17.3 Å². The second-order valence-corrected chi connectivity index (χ2v) is 3.34. The summed E-state index contributed by atoms with van der Waals surface area (Å²) in [5.74, 6) is 1.02. The monoisotopic (exact) mass is 166 g/mol. The van der Waals surface area contributed by atoms with E-state index in [2.05, 4.69) is 6.08 Å².